The van der Waals surface area contributed by atoms with Crippen LogP contribution in [-0.2, 0) is 6.54 Å². The van der Waals surface area contributed by atoms with E-state index in [1.54, 1.807) is 6.07 Å². The molecule has 1 N–H and O–H groups in total. The van der Waals surface area contributed by atoms with Gasteiger partial charge in [0.15, 0.2) is 0 Å². The first-order valence-electron chi connectivity index (χ1n) is 4.27. The van der Waals surface area contributed by atoms with Crippen molar-refractivity contribution < 1.29 is 4.39 Å². The van der Waals surface area contributed by atoms with E-state index in [4.69, 9.17) is 0 Å². The van der Waals surface area contributed by atoms with E-state index in [1.807, 2.05) is 28.7 Å². The molecule has 0 radical (unpaired) electrons. The predicted octanol–water partition coefficient (Wildman–Crippen LogP) is 2.93. The Balaban J connectivity index is 2.71. The average molecular weight is 293 g/mol. The van der Waals surface area contributed by atoms with Crippen LogP contribution < -0.4 is 5.32 Å². The van der Waals surface area contributed by atoms with Gasteiger partial charge in [0.1, 0.15) is 5.82 Å². The van der Waals surface area contributed by atoms with Crippen molar-refractivity contribution in [1.82, 2.24) is 5.32 Å². The lowest BCUT2D eigenvalue weighted by molar-refractivity contribution is 0.577. The van der Waals surface area contributed by atoms with Crippen molar-refractivity contribution in [2.45, 2.75) is 26.4 Å². The minimum absolute atomic E-state index is 0.136. The molecule has 1 rings (SSSR count). The molecule has 0 heterocycles. The minimum Gasteiger partial charge on any atom is -0.310 e. The van der Waals surface area contributed by atoms with Gasteiger partial charge in [0, 0.05) is 12.6 Å². The number of halogens is 2. The van der Waals surface area contributed by atoms with Gasteiger partial charge in [0.05, 0.1) is 3.57 Å². The Morgan fingerprint density at radius 2 is 2.15 bits per heavy atom. The summed E-state index contributed by atoms with van der Waals surface area (Å²) < 4.78 is 13.8. The van der Waals surface area contributed by atoms with Gasteiger partial charge in [-0.1, -0.05) is 26.0 Å². The Bertz CT molecular complexity index is 286. The second kappa shape index (κ2) is 4.91. The van der Waals surface area contributed by atoms with Gasteiger partial charge in [0.2, 0.25) is 0 Å². The van der Waals surface area contributed by atoms with Crippen LogP contribution in [0.1, 0.15) is 19.4 Å². The summed E-state index contributed by atoms with van der Waals surface area (Å²) in [5, 5.41) is 3.26. The number of hydrogen-bond donors (Lipinski definition) is 1. The molecule has 1 aromatic rings. The molecule has 0 saturated carbocycles. The molecule has 0 atom stereocenters. The van der Waals surface area contributed by atoms with Crippen LogP contribution in [0.2, 0.25) is 0 Å². The maximum atomic E-state index is 13.1. The van der Waals surface area contributed by atoms with Crippen molar-refractivity contribution in [3.8, 4) is 0 Å². The summed E-state index contributed by atoms with van der Waals surface area (Å²) in [6.07, 6.45) is 0. The quantitative estimate of drug-likeness (QED) is 0.845. The Morgan fingerprint density at radius 3 is 2.77 bits per heavy atom. The number of benzene rings is 1. The fourth-order valence-corrected chi connectivity index (χ4v) is 1.55. The van der Waals surface area contributed by atoms with Crippen molar-refractivity contribution in [1.29, 1.82) is 0 Å². The molecule has 3 heteroatoms. The predicted molar refractivity (Wildman–Crippen MR) is 61.1 cm³/mol. The summed E-state index contributed by atoms with van der Waals surface area (Å²) in [4.78, 5) is 0. The van der Waals surface area contributed by atoms with Crippen LogP contribution in [0.5, 0.6) is 0 Å². The third kappa shape index (κ3) is 3.23. The second-order valence-corrected chi connectivity index (χ2v) is 4.33. The summed E-state index contributed by atoms with van der Waals surface area (Å²) in [6, 6.07) is 5.61. The molecule has 0 saturated heterocycles. The van der Waals surface area contributed by atoms with E-state index >= 15 is 0 Å². The molecule has 1 aromatic carbocycles. The highest BCUT2D eigenvalue weighted by atomic mass is 127. The van der Waals surface area contributed by atoms with E-state index in [9.17, 15) is 4.39 Å². The zero-order valence-electron chi connectivity index (χ0n) is 7.77. The summed E-state index contributed by atoms with van der Waals surface area (Å²) in [6.45, 7) is 4.88. The number of hydrogen-bond acceptors (Lipinski definition) is 1. The van der Waals surface area contributed by atoms with E-state index in [2.05, 4.69) is 19.2 Å². The first-order chi connectivity index (χ1) is 6.11. The average Bonchev–Trinajstić information content (AvgIpc) is 2.07. The molecule has 72 valence electrons. The van der Waals surface area contributed by atoms with E-state index in [1.165, 1.54) is 6.07 Å². The van der Waals surface area contributed by atoms with E-state index in [0.29, 0.717) is 9.61 Å². The molecule has 0 spiro atoms. The normalized spacial score (nSPS) is 10.8. The monoisotopic (exact) mass is 293 g/mol. The number of nitrogens with one attached hydrogen (secondary N) is 1. The lowest BCUT2D eigenvalue weighted by Gasteiger charge is -2.09. The molecule has 13 heavy (non-hydrogen) atoms. The fraction of sp³-hybridized carbons (Fsp3) is 0.400. The smallest absolute Gasteiger partial charge is 0.136 e. The summed E-state index contributed by atoms with van der Waals surface area (Å²) >= 11 is 2.04. The van der Waals surface area contributed by atoms with Crippen molar-refractivity contribution in [2.24, 2.45) is 0 Å². The van der Waals surface area contributed by atoms with Crippen LogP contribution in [-0.4, -0.2) is 6.04 Å². The molecule has 0 aliphatic rings. The van der Waals surface area contributed by atoms with Gasteiger partial charge < -0.3 is 5.32 Å². The van der Waals surface area contributed by atoms with E-state index < -0.39 is 0 Å². The molecular weight excluding hydrogens is 280 g/mol. The minimum atomic E-state index is -0.136. The third-order valence-corrected chi connectivity index (χ3v) is 2.94. The van der Waals surface area contributed by atoms with Crippen LogP contribution >= 0.6 is 22.6 Å². The van der Waals surface area contributed by atoms with Gasteiger partial charge in [-0.3, -0.25) is 0 Å². The van der Waals surface area contributed by atoms with E-state index in [-0.39, 0.29) is 5.82 Å². The standard InChI is InChI=1S/C10H13FIN/c1-7(2)13-6-8-4-3-5-9(11)10(8)12/h3-5,7,13H,6H2,1-2H3. The van der Waals surface area contributed by atoms with Crippen molar-refractivity contribution in [3.63, 3.8) is 0 Å². The zero-order valence-corrected chi connectivity index (χ0v) is 9.93. The summed E-state index contributed by atoms with van der Waals surface area (Å²) in [5.41, 5.74) is 1.02. The first-order valence-corrected chi connectivity index (χ1v) is 5.35. The van der Waals surface area contributed by atoms with Gasteiger partial charge in [0.25, 0.3) is 0 Å². The van der Waals surface area contributed by atoms with Gasteiger partial charge in [-0.15, -0.1) is 0 Å². The SMILES string of the molecule is CC(C)NCc1cccc(F)c1I. The lowest BCUT2D eigenvalue weighted by Crippen LogP contribution is -2.22. The Labute approximate surface area is 91.9 Å². The molecule has 0 aliphatic carbocycles. The molecule has 0 fully saturated rings. The highest BCUT2D eigenvalue weighted by molar-refractivity contribution is 14.1. The number of rotatable bonds is 3. The third-order valence-electron chi connectivity index (χ3n) is 1.73. The van der Waals surface area contributed by atoms with Crippen LogP contribution in [0.4, 0.5) is 4.39 Å². The van der Waals surface area contributed by atoms with Gasteiger partial charge >= 0.3 is 0 Å². The summed E-state index contributed by atoms with van der Waals surface area (Å²) in [5.74, 6) is -0.136. The van der Waals surface area contributed by atoms with Crippen molar-refractivity contribution in [3.05, 3.63) is 33.1 Å². The van der Waals surface area contributed by atoms with Crippen LogP contribution in [0.25, 0.3) is 0 Å². The molecule has 0 unspecified atom stereocenters. The van der Waals surface area contributed by atoms with Crippen molar-refractivity contribution in [2.75, 3.05) is 0 Å². The second-order valence-electron chi connectivity index (χ2n) is 3.25. The van der Waals surface area contributed by atoms with E-state index in [0.717, 1.165) is 12.1 Å². The maximum Gasteiger partial charge on any atom is 0.136 e. The van der Waals surface area contributed by atoms with Crippen molar-refractivity contribution >= 4 is 22.6 Å². The molecule has 0 aliphatic heterocycles. The Kier molecular flexibility index (Phi) is 4.12. The zero-order chi connectivity index (χ0) is 9.84. The Hall–Kier alpha value is -0.160. The van der Waals surface area contributed by atoms with Crippen LogP contribution in [0.15, 0.2) is 18.2 Å². The highest BCUT2D eigenvalue weighted by Gasteiger charge is 2.04. The van der Waals surface area contributed by atoms with Crippen LogP contribution in [0.3, 0.4) is 0 Å². The van der Waals surface area contributed by atoms with Gasteiger partial charge in [-0.05, 0) is 34.2 Å². The lowest BCUT2D eigenvalue weighted by atomic mass is 10.2. The highest BCUT2D eigenvalue weighted by Crippen LogP contribution is 2.15. The van der Waals surface area contributed by atoms with Crippen LogP contribution in [0, 0.1) is 9.39 Å². The maximum absolute atomic E-state index is 13.1. The largest absolute Gasteiger partial charge is 0.310 e. The first kappa shape index (κ1) is 10.9. The van der Waals surface area contributed by atoms with Gasteiger partial charge in [-0.2, -0.15) is 0 Å². The molecule has 0 amide bonds. The fourth-order valence-electron chi connectivity index (χ4n) is 0.999. The molecule has 0 aromatic heterocycles. The summed E-state index contributed by atoms with van der Waals surface area (Å²) in [7, 11) is 0. The Morgan fingerprint density at radius 1 is 1.46 bits per heavy atom. The topological polar surface area (TPSA) is 12.0 Å². The molecule has 0 bridgehead atoms. The molecular formula is C10H13FIN. The molecule has 1 nitrogen and oxygen atoms in total. The van der Waals surface area contributed by atoms with Gasteiger partial charge in [-0.25, -0.2) is 4.39 Å².